The summed E-state index contributed by atoms with van der Waals surface area (Å²) in [6.07, 6.45) is 83.6. The van der Waals surface area contributed by atoms with E-state index in [1.54, 1.807) is 0 Å². The van der Waals surface area contributed by atoms with Crippen molar-refractivity contribution in [3.05, 3.63) is 85.1 Å². The summed E-state index contributed by atoms with van der Waals surface area (Å²) in [6.45, 7) is 6.45. The van der Waals surface area contributed by atoms with Gasteiger partial charge in [0.1, 0.15) is 13.2 Å². The second kappa shape index (κ2) is 63.1. The third kappa shape index (κ3) is 61.3. The van der Waals surface area contributed by atoms with E-state index in [1.165, 1.54) is 161 Å². The summed E-state index contributed by atoms with van der Waals surface area (Å²) in [7, 11) is 0. The number of ether oxygens (including phenoxy) is 3. The zero-order valence-corrected chi connectivity index (χ0v) is 49.6. The normalized spacial score (nSPS) is 12.6. The van der Waals surface area contributed by atoms with Crippen LogP contribution in [0.2, 0.25) is 0 Å². The first-order valence-electron chi connectivity index (χ1n) is 32.1. The third-order valence-electron chi connectivity index (χ3n) is 13.9. The van der Waals surface area contributed by atoms with Crippen LogP contribution in [0.25, 0.3) is 0 Å². The van der Waals surface area contributed by atoms with Gasteiger partial charge in [-0.25, -0.2) is 0 Å². The van der Waals surface area contributed by atoms with Gasteiger partial charge in [0.15, 0.2) is 6.10 Å². The Kier molecular flexibility index (Phi) is 60.3. The minimum absolute atomic E-state index is 0.0790. The number of esters is 3. The molecule has 0 aromatic heterocycles. The smallest absolute Gasteiger partial charge is 0.306 e. The zero-order chi connectivity index (χ0) is 54.3. The summed E-state index contributed by atoms with van der Waals surface area (Å²) in [4.78, 5) is 37.9. The molecule has 0 saturated carbocycles. The maximum Gasteiger partial charge on any atom is 0.306 e. The molecule has 1 unspecified atom stereocenters. The molecule has 75 heavy (non-hydrogen) atoms. The van der Waals surface area contributed by atoms with E-state index in [-0.39, 0.29) is 31.1 Å². The highest BCUT2D eigenvalue weighted by atomic mass is 16.6. The van der Waals surface area contributed by atoms with Crippen LogP contribution in [0.15, 0.2) is 85.1 Å². The molecule has 1 atom stereocenters. The van der Waals surface area contributed by atoms with Gasteiger partial charge in [0.05, 0.1) is 0 Å². The van der Waals surface area contributed by atoms with Crippen LogP contribution in [0.4, 0.5) is 0 Å². The lowest BCUT2D eigenvalue weighted by Crippen LogP contribution is -2.30. The largest absolute Gasteiger partial charge is 0.462 e. The van der Waals surface area contributed by atoms with Gasteiger partial charge in [-0.05, 0) is 96.3 Å². The van der Waals surface area contributed by atoms with Crippen molar-refractivity contribution in [3.63, 3.8) is 0 Å². The molecule has 0 aromatic carbocycles. The Labute approximate surface area is 465 Å². The number of carbonyl (C=O) groups excluding carboxylic acids is 3. The summed E-state index contributed by atoms with van der Waals surface area (Å²) in [6, 6.07) is 0. The van der Waals surface area contributed by atoms with Gasteiger partial charge in [-0.1, -0.05) is 286 Å². The van der Waals surface area contributed by atoms with Gasteiger partial charge in [-0.2, -0.15) is 0 Å². The van der Waals surface area contributed by atoms with Gasteiger partial charge in [0, 0.05) is 19.3 Å². The number of hydrogen-bond donors (Lipinski definition) is 0. The van der Waals surface area contributed by atoms with Crippen LogP contribution >= 0.6 is 0 Å². The molecule has 0 spiro atoms. The second-order valence-electron chi connectivity index (χ2n) is 21.3. The van der Waals surface area contributed by atoms with Crippen LogP contribution in [0.5, 0.6) is 0 Å². The summed E-state index contributed by atoms with van der Waals surface area (Å²) in [5.41, 5.74) is 0. The van der Waals surface area contributed by atoms with Crippen molar-refractivity contribution in [2.45, 2.75) is 322 Å². The van der Waals surface area contributed by atoms with Crippen LogP contribution in [-0.4, -0.2) is 37.2 Å². The molecule has 432 valence electrons. The first kappa shape index (κ1) is 71.6. The first-order valence-corrected chi connectivity index (χ1v) is 32.1. The lowest BCUT2D eigenvalue weighted by molar-refractivity contribution is -0.167. The lowest BCUT2D eigenvalue weighted by atomic mass is 10.0. The molecule has 0 aliphatic carbocycles. The van der Waals surface area contributed by atoms with E-state index in [0.29, 0.717) is 19.3 Å². The van der Waals surface area contributed by atoms with Gasteiger partial charge in [0.2, 0.25) is 0 Å². The van der Waals surface area contributed by atoms with Gasteiger partial charge in [-0.3, -0.25) is 14.4 Å². The van der Waals surface area contributed by atoms with Crippen LogP contribution in [0, 0.1) is 0 Å². The quantitative estimate of drug-likeness (QED) is 0.0261. The van der Waals surface area contributed by atoms with Gasteiger partial charge < -0.3 is 14.2 Å². The maximum atomic E-state index is 12.8. The number of carbonyl (C=O) groups is 3. The van der Waals surface area contributed by atoms with Crippen LogP contribution in [0.3, 0.4) is 0 Å². The van der Waals surface area contributed by atoms with E-state index in [0.717, 1.165) is 116 Å². The lowest BCUT2D eigenvalue weighted by Gasteiger charge is -2.18. The average Bonchev–Trinajstić information content (AvgIpc) is 3.41. The molecule has 6 nitrogen and oxygen atoms in total. The Morgan fingerprint density at radius 1 is 0.280 bits per heavy atom. The molecule has 0 amide bonds. The molecule has 0 saturated heterocycles. The Bertz CT molecular complexity index is 1430. The Hall–Kier alpha value is -3.41. The second-order valence-corrected chi connectivity index (χ2v) is 21.3. The summed E-state index contributed by atoms with van der Waals surface area (Å²) >= 11 is 0. The minimum atomic E-state index is -0.779. The fourth-order valence-electron chi connectivity index (χ4n) is 9.09. The van der Waals surface area contributed by atoms with Crippen LogP contribution in [0.1, 0.15) is 316 Å². The van der Waals surface area contributed by atoms with Crippen LogP contribution in [-0.2, 0) is 28.6 Å². The van der Waals surface area contributed by atoms with Crippen molar-refractivity contribution >= 4 is 17.9 Å². The number of allylic oxidation sites excluding steroid dienone is 14. The molecule has 0 rings (SSSR count). The van der Waals surface area contributed by atoms with Crippen molar-refractivity contribution in [3.8, 4) is 0 Å². The summed E-state index contributed by atoms with van der Waals surface area (Å²) < 4.78 is 16.8. The van der Waals surface area contributed by atoms with Crippen molar-refractivity contribution < 1.29 is 28.6 Å². The molecule has 0 bridgehead atoms. The van der Waals surface area contributed by atoms with Crippen molar-refractivity contribution in [1.29, 1.82) is 0 Å². The van der Waals surface area contributed by atoms with E-state index in [4.69, 9.17) is 14.2 Å². The molecule has 0 heterocycles. The van der Waals surface area contributed by atoms with Crippen LogP contribution < -0.4 is 0 Å². The molecule has 0 aliphatic heterocycles. The minimum Gasteiger partial charge on any atom is -0.462 e. The number of hydrogen-bond acceptors (Lipinski definition) is 6. The summed E-state index contributed by atoms with van der Waals surface area (Å²) in [5.74, 6) is -0.895. The summed E-state index contributed by atoms with van der Waals surface area (Å²) in [5, 5.41) is 0. The number of rotatable bonds is 58. The van der Waals surface area contributed by atoms with E-state index in [2.05, 4.69) is 106 Å². The van der Waals surface area contributed by atoms with Gasteiger partial charge in [-0.15, -0.1) is 0 Å². The highest BCUT2D eigenvalue weighted by Crippen LogP contribution is 2.17. The molecule has 0 fully saturated rings. The van der Waals surface area contributed by atoms with Crippen molar-refractivity contribution in [2.75, 3.05) is 13.2 Å². The standard InChI is InChI=1S/C69H120O6/c1-4-7-10-13-15-17-19-21-23-25-27-29-30-31-32-33-34-35-36-37-38-40-41-43-45-47-49-51-53-56-59-62-68(71)74-65-66(64-73-67(70)61-58-55-12-9-6-3)75-69(72)63-60-57-54-52-50-48-46-44-42-39-28-26-24-22-20-18-16-14-11-8-5-2/h7,10,15,17,20-23,26-29,42,44,66H,4-6,8-9,11-14,16,18-19,24-25,30-41,43,45-65H2,1-3H3/b10-7-,17-15-,22-20-,23-21-,28-26-,29-27-,44-42-. The van der Waals surface area contributed by atoms with E-state index < -0.39 is 6.10 Å². The van der Waals surface area contributed by atoms with Crippen molar-refractivity contribution in [2.24, 2.45) is 0 Å². The molecule has 0 radical (unpaired) electrons. The maximum absolute atomic E-state index is 12.8. The SMILES string of the molecule is CC/C=C\C/C=C\C/C=C\C/C=C\CCCCCCCCCCCCCCCCCCCCC(=O)OCC(COC(=O)CCCCCCC)OC(=O)CCCCCCCC/C=C\C/C=C\C/C=C\CCCCCCC. The Balaban J connectivity index is 4.00. The molecule has 6 heteroatoms. The first-order chi connectivity index (χ1) is 37.0. The highest BCUT2D eigenvalue weighted by molar-refractivity contribution is 5.71. The van der Waals surface area contributed by atoms with E-state index in [1.807, 2.05) is 0 Å². The predicted molar refractivity (Wildman–Crippen MR) is 325 cm³/mol. The van der Waals surface area contributed by atoms with Gasteiger partial charge in [0.25, 0.3) is 0 Å². The van der Waals surface area contributed by atoms with E-state index >= 15 is 0 Å². The predicted octanol–water partition coefficient (Wildman–Crippen LogP) is 21.9. The molecule has 0 N–H and O–H groups in total. The fourth-order valence-corrected chi connectivity index (χ4v) is 9.09. The number of unbranched alkanes of at least 4 members (excludes halogenated alkanes) is 33. The highest BCUT2D eigenvalue weighted by Gasteiger charge is 2.19. The molecule has 0 aliphatic rings. The molecular formula is C69H120O6. The Morgan fingerprint density at radius 3 is 0.813 bits per heavy atom. The molecular weight excluding hydrogens is 925 g/mol. The third-order valence-corrected chi connectivity index (χ3v) is 13.9. The molecule has 0 aromatic rings. The van der Waals surface area contributed by atoms with E-state index in [9.17, 15) is 14.4 Å². The fraction of sp³-hybridized carbons (Fsp3) is 0.754. The zero-order valence-electron chi connectivity index (χ0n) is 49.6. The average molecular weight is 1050 g/mol. The topological polar surface area (TPSA) is 78.9 Å². The van der Waals surface area contributed by atoms with Crippen molar-refractivity contribution in [1.82, 2.24) is 0 Å². The monoisotopic (exact) mass is 1040 g/mol. The van der Waals surface area contributed by atoms with Gasteiger partial charge >= 0.3 is 17.9 Å². The Morgan fingerprint density at radius 2 is 0.520 bits per heavy atom.